The highest BCUT2D eigenvalue weighted by Gasteiger charge is 2.25. The van der Waals surface area contributed by atoms with Gasteiger partial charge in [0.25, 0.3) is 0 Å². The summed E-state index contributed by atoms with van der Waals surface area (Å²) in [7, 11) is 0. The molecule has 6 heteroatoms. The second-order valence-corrected chi connectivity index (χ2v) is 7.09. The summed E-state index contributed by atoms with van der Waals surface area (Å²) in [6.07, 6.45) is 3.67. The molecular formula is C20H20ClNO4. The van der Waals surface area contributed by atoms with E-state index in [4.69, 9.17) is 21.1 Å². The average molecular weight is 374 g/mol. The molecule has 0 spiro atoms. The predicted molar refractivity (Wildman–Crippen MR) is 99.7 cm³/mol. The van der Waals surface area contributed by atoms with E-state index in [-0.39, 0.29) is 11.7 Å². The first-order chi connectivity index (χ1) is 12.6. The topological polar surface area (TPSA) is 59.0 Å². The highest BCUT2D eigenvalue weighted by molar-refractivity contribution is 6.30. The van der Waals surface area contributed by atoms with Crippen LogP contribution >= 0.6 is 11.6 Å². The molecule has 0 bridgehead atoms. The molecule has 26 heavy (non-hydrogen) atoms. The number of nitrogens with zero attached hydrogens (tertiary/aromatic N) is 1. The van der Waals surface area contributed by atoms with E-state index in [2.05, 4.69) is 4.90 Å². The molecule has 0 amide bonds. The van der Waals surface area contributed by atoms with Gasteiger partial charge in [-0.2, -0.15) is 0 Å². The van der Waals surface area contributed by atoms with E-state index in [9.17, 15) is 9.90 Å². The predicted octanol–water partition coefficient (Wildman–Crippen LogP) is 4.37. The SMILES string of the molecule is O=C(O)c1cccc2c1OCCN2Cc1cc(Cl)ccc1OC1CCC1. The third-order valence-electron chi connectivity index (χ3n) is 4.90. The molecule has 1 aliphatic carbocycles. The summed E-state index contributed by atoms with van der Waals surface area (Å²) in [6.45, 7) is 1.70. The van der Waals surface area contributed by atoms with Crippen LogP contribution in [0.5, 0.6) is 11.5 Å². The minimum Gasteiger partial charge on any atom is -0.490 e. The number of hydrogen-bond acceptors (Lipinski definition) is 4. The Morgan fingerprint density at radius 1 is 1.31 bits per heavy atom. The molecule has 1 fully saturated rings. The van der Waals surface area contributed by atoms with Crippen molar-refractivity contribution >= 4 is 23.3 Å². The van der Waals surface area contributed by atoms with Gasteiger partial charge in [-0.1, -0.05) is 17.7 Å². The summed E-state index contributed by atoms with van der Waals surface area (Å²) in [5, 5.41) is 10.1. The van der Waals surface area contributed by atoms with Gasteiger partial charge >= 0.3 is 5.97 Å². The number of carboxylic acids is 1. The van der Waals surface area contributed by atoms with Crippen molar-refractivity contribution in [2.45, 2.75) is 31.9 Å². The Hall–Kier alpha value is -2.40. The lowest BCUT2D eigenvalue weighted by atomic mass is 9.96. The minimum absolute atomic E-state index is 0.184. The van der Waals surface area contributed by atoms with Crippen molar-refractivity contribution in [3.63, 3.8) is 0 Å². The van der Waals surface area contributed by atoms with Crippen LogP contribution in [0.3, 0.4) is 0 Å². The van der Waals surface area contributed by atoms with Crippen LogP contribution in [-0.2, 0) is 6.54 Å². The zero-order valence-electron chi connectivity index (χ0n) is 14.3. The van der Waals surface area contributed by atoms with Gasteiger partial charge in [-0.3, -0.25) is 0 Å². The number of para-hydroxylation sites is 1. The first-order valence-electron chi connectivity index (χ1n) is 8.81. The van der Waals surface area contributed by atoms with E-state index in [1.165, 1.54) is 6.42 Å². The zero-order valence-corrected chi connectivity index (χ0v) is 15.0. The van der Waals surface area contributed by atoms with Crippen molar-refractivity contribution in [1.82, 2.24) is 0 Å². The van der Waals surface area contributed by atoms with Gasteiger partial charge in [0.05, 0.1) is 18.3 Å². The molecule has 1 heterocycles. The van der Waals surface area contributed by atoms with E-state index in [0.29, 0.717) is 30.5 Å². The van der Waals surface area contributed by atoms with Crippen LogP contribution in [0.15, 0.2) is 36.4 Å². The molecule has 0 saturated heterocycles. The van der Waals surface area contributed by atoms with Gasteiger partial charge in [-0.05, 0) is 49.6 Å². The number of hydrogen-bond donors (Lipinski definition) is 1. The molecular weight excluding hydrogens is 354 g/mol. The van der Waals surface area contributed by atoms with Gasteiger partial charge in [-0.25, -0.2) is 4.79 Å². The molecule has 4 rings (SSSR count). The summed E-state index contributed by atoms with van der Waals surface area (Å²) in [4.78, 5) is 13.6. The van der Waals surface area contributed by atoms with Crippen LogP contribution in [0.4, 0.5) is 5.69 Å². The fraction of sp³-hybridized carbons (Fsp3) is 0.350. The molecule has 2 aromatic carbocycles. The molecule has 0 radical (unpaired) electrons. The molecule has 1 aliphatic heterocycles. The second-order valence-electron chi connectivity index (χ2n) is 6.65. The number of rotatable bonds is 5. The largest absolute Gasteiger partial charge is 0.490 e. The van der Waals surface area contributed by atoms with Gasteiger partial charge < -0.3 is 19.5 Å². The van der Waals surface area contributed by atoms with Crippen molar-refractivity contribution in [2.24, 2.45) is 0 Å². The number of anilines is 1. The lowest BCUT2D eigenvalue weighted by molar-refractivity contribution is 0.0692. The first kappa shape index (κ1) is 17.0. The van der Waals surface area contributed by atoms with Crippen LogP contribution in [-0.4, -0.2) is 30.3 Å². The molecule has 2 aliphatic rings. The fourth-order valence-electron chi connectivity index (χ4n) is 3.30. The fourth-order valence-corrected chi connectivity index (χ4v) is 3.49. The average Bonchev–Trinajstić information content (AvgIpc) is 2.59. The number of carbonyl (C=O) groups is 1. The lowest BCUT2D eigenvalue weighted by Crippen LogP contribution is -2.33. The standard InChI is InChI=1S/C20H20ClNO4/c21-14-7-8-18(26-15-3-1-4-15)13(11-14)12-22-9-10-25-19-16(20(23)24)5-2-6-17(19)22/h2,5-8,11,15H,1,3-4,9-10,12H2,(H,23,24). The van der Waals surface area contributed by atoms with Gasteiger partial charge in [-0.15, -0.1) is 0 Å². The number of aromatic carboxylic acids is 1. The second kappa shape index (κ2) is 7.08. The van der Waals surface area contributed by atoms with Gasteiger partial charge in [0.2, 0.25) is 0 Å². The normalized spacial score (nSPS) is 16.4. The Kier molecular flexibility index (Phi) is 4.64. The highest BCUT2D eigenvalue weighted by Crippen LogP contribution is 2.37. The number of halogens is 1. The quantitative estimate of drug-likeness (QED) is 0.843. The highest BCUT2D eigenvalue weighted by atomic mass is 35.5. The summed E-state index contributed by atoms with van der Waals surface area (Å²) in [6, 6.07) is 10.9. The van der Waals surface area contributed by atoms with Crippen LogP contribution < -0.4 is 14.4 Å². The van der Waals surface area contributed by atoms with E-state index in [0.717, 1.165) is 29.8 Å². The Bertz CT molecular complexity index is 835. The summed E-state index contributed by atoms with van der Waals surface area (Å²) < 4.78 is 11.8. The van der Waals surface area contributed by atoms with Crippen LogP contribution in [0.1, 0.15) is 35.2 Å². The number of carboxylic acid groups (broad SMARTS) is 1. The number of ether oxygens (including phenoxy) is 2. The third kappa shape index (κ3) is 3.31. The summed E-state index contributed by atoms with van der Waals surface area (Å²) in [5.74, 6) is 0.289. The molecule has 2 aromatic rings. The van der Waals surface area contributed by atoms with Crippen molar-refractivity contribution in [2.75, 3.05) is 18.1 Å². The number of benzene rings is 2. The van der Waals surface area contributed by atoms with Gasteiger partial charge in [0.1, 0.15) is 17.9 Å². The number of fused-ring (bicyclic) bond motifs is 1. The Morgan fingerprint density at radius 2 is 2.15 bits per heavy atom. The third-order valence-corrected chi connectivity index (χ3v) is 5.14. The maximum atomic E-state index is 11.5. The van der Waals surface area contributed by atoms with Crippen molar-refractivity contribution in [1.29, 1.82) is 0 Å². The van der Waals surface area contributed by atoms with Crippen LogP contribution in [0, 0.1) is 0 Å². The van der Waals surface area contributed by atoms with Crippen molar-refractivity contribution < 1.29 is 19.4 Å². The van der Waals surface area contributed by atoms with E-state index >= 15 is 0 Å². The zero-order chi connectivity index (χ0) is 18.1. The Labute approximate surface area is 157 Å². The van der Waals surface area contributed by atoms with E-state index < -0.39 is 5.97 Å². The van der Waals surface area contributed by atoms with Crippen molar-refractivity contribution in [3.05, 3.63) is 52.5 Å². The summed E-state index contributed by atoms with van der Waals surface area (Å²) >= 11 is 6.21. The molecule has 1 N–H and O–H groups in total. The molecule has 136 valence electrons. The van der Waals surface area contributed by atoms with E-state index in [1.54, 1.807) is 12.1 Å². The molecule has 5 nitrogen and oxygen atoms in total. The van der Waals surface area contributed by atoms with Crippen LogP contribution in [0.2, 0.25) is 5.02 Å². The minimum atomic E-state index is -0.986. The first-order valence-corrected chi connectivity index (χ1v) is 9.19. The summed E-state index contributed by atoms with van der Waals surface area (Å²) in [5.41, 5.74) is 1.97. The van der Waals surface area contributed by atoms with Crippen LogP contribution in [0.25, 0.3) is 0 Å². The van der Waals surface area contributed by atoms with Crippen molar-refractivity contribution in [3.8, 4) is 11.5 Å². The maximum Gasteiger partial charge on any atom is 0.339 e. The molecule has 0 unspecified atom stereocenters. The monoisotopic (exact) mass is 373 g/mol. The van der Waals surface area contributed by atoms with E-state index in [1.807, 2.05) is 24.3 Å². The maximum absolute atomic E-state index is 11.5. The molecule has 0 aromatic heterocycles. The molecule has 1 saturated carbocycles. The van der Waals surface area contributed by atoms with Gasteiger partial charge in [0, 0.05) is 17.1 Å². The Balaban J connectivity index is 1.64. The Morgan fingerprint density at radius 3 is 2.88 bits per heavy atom. The molecule has 0 atom stereocenters. The lowest BCUT2D eigenvalue weighted by Gasteiger charge is -2.33. The van der Waals surface area contributed by atoms with Gasteiger partial charge in [0.15, 0.2) is 5.75 Å². The smallest absolute Gasteiger partial charge is 0.339 e.